The monoisotopic (exact) mass is 180 g/mol. The highest BCUT2D eigenvalue weighted by Crippen LogP contribution is 2.16. The third-order valence-corrected chi connectivity index (χ3v) is 2.22. The van der Waals surface area contributed by atoms with Crippen LogP contribution in [0.25, 0.3) is 0 Å². The smallest absolute Gasteiger partial charge is 0.185 e. The summed E-state index contributed by atoms with van der Waals surface area (Å²) in [5, 5.41) is 2.99. The van der Waals surface area contributed by atoms with Crippen LogP contribution in [0.1, 0.15) is 0 Å². The van der Waals surface area contributed by atoms with E-state index >= 15 is 0 Å². The van der Waals surface area contributed by atoms with E-state index < -0.39 is 0 Å². The Balaban J connectivity index is 2.65. The molecule has 1 aromatic heterocycles. The molecule has 0 atom stereocenters. The second kappa shape index (κ2) is 4.72. The van der Waals surface area contributed by atoms with Crippen LogP contribution >= 0.6 is 11.3 Å². The first-order chi connectivity index (χ1) is 5.88. The van der Waals surface area contributed by atoms with Crippen molar-refractivity contribution in [3.8, 4) is 0 Å². The fourth-order valence-electron chi connectivity index (χ4n) is 0.914. The molecule has 0 saturated carbocycles. The van der Waals surface area contributed by atoms with Gasteiger partial charge in [-0.15, -0.1) is 24.5 Å². The average Bonchev–Trinajstić information content (AvgIpc) is 2.56. The Hall–Kier alpha value is -1.09. The maximum Gasteiger partial charge on any atom is 0.185 e. The van der Waals surface area contributed by atoms with Gasteiger partial charge in [-0.3, -0.25) is 0 Å². The van der Waals surface area contributed by atoms with E-state index in [-0.39, 0.29) is 0 Å². The minimum Gasteiger partial charge on any atom is -0.341 e. The number of rotatable bonds is 5. The quantitative estimate of drug-likeness (QED) is 0.646. The number of hydrogen-bond donors (Lipinski definition) is 0. The maximum absolute atomic E-state index is 4.20. The van der Waals surface area contributed by atoms with E-state index in [1.54, 1.807) is 17.5 Å². The molecule has 0 aliphatic rings. The van der Waals surface area contributed by atoms with Gasteiger partial charge in [-0.05, 0) is 0 Å². The van der Waals surface area contributed by atoms with Crippen LogP contribution in [0, 0.1) is 0 Å². The van der Waals surface area contributed by atoms with Crippen molar-refractivity contribution < 1.29 is 0 Å². The van der Waals surface area contributed by atoms with Crippen molar-refractivity contribution >= 4 is 16.5 Å². The summed E-state index contributed by atoms with van der Waals surface area (Å²) in [6.07, 6.45) is 5.54. The zero-order valence-electron chi connectivity index (χ0n) is 6.94. The van der Waals surface area contributed by atoms with Crippen molar-refractivity contribution in [2.45, 2.75) is 0 Å². The molecule has 0 aliphatic heterocycles. The minimum absolute atomic E-state index is 0.819. The summed E-state index contributed by atoms with van der Waals surface area (Å²) >= 11 is 1.63. The fourth-order valence-corrected chi connectivity index (χ4v) is 1.58. The van der Waals surface area contributed by atoms with Crippen LogP contribution < -0.4 is 4.90 Å². The van der Waals surface area contributed by atoms with Crippen LogP contribution in [-0.4, -0.2) is 18.1 Å². The van der Waals surface area contributed by atoms with Gasteiger partial charge in [0.15, 0.2) is 5.13 Å². The topological polar surface area (TPSA) is 16.1 Å². The SMILES string of the molecule is C=CCN(CC=C)c1nccs1. The number of anilines is 1. The lowest BCUT2D eigenvalue weighted by Crippen LogP contribution is -2.22. The predicted molar refractivity (Wildman–Crippen MR) is 54.7 cm³/mol. The van der Waals surface area contributed by atoms with E-state index in [1.165, 1.54) is 0 Å². The van der Waals surface area contributed by atoms with E-state index in [2.05, 4.69) is 23.0 Å². The zero-order valence-corrected chi connectivity index (χ0v) is 7.76. The van der Waals surface area contributed by atoms with Crippen molar-refractivity contribution in [3.05, 3.63) is 36.9 Å². The molecule has 1 aromatic rings. The molecule has 0 fully saturated rings. The summed E-state index contributed by atoms with van der Waals surface area (Å²) in [5.41, 5.74) is 0. The Morgan fingerprint density at radius 2 is 2.08 bits per heavy atom. The highest BCUT2D eigenvalue weighted by atomic mass is 32.1. The van der Waals surface area contributed by atoms with Crippen LogP contribution in [0.3, 0.4) is 0 Å². The molecule has 0 N–H and O–H groups in total. The lowest BCUT2D eigenvalue weighted by Gasteiger charge is -2.17. The van der Waals surface area contributed by atoms with Crippen LogP contribution in [-0.2, 0) is 0 Å². The second-order valence-corrected chi connectivity index (χ2v) is 3.17. The highest BCUT2D eigenvalue weighted by Gasteiger charge is 2.03. The molecule has 0 aliphatic carbocycles. The number of aromatic nitrogens is 1. The molecule has 3 heteroatoms. The van der Waals surface area contributed by atoms with E-state index in [0.29, 0.717) is 0 Å². The van der Waals surface area contributed by atoms with Gasteiger partial charge < -0.3 is 4.90 Å². The molecule has 12 heavy (non-hydrogen) atoms. The first kappa shape index (κ1) is 9.00. The molecule has 0 radical (unpaired) electrons. The van der Waals surface area contributed by atoms with Gasteiger partial charge >= 0.3 is 0 Å². The minimum atomic E-state index is 0.819. The highest BCUT2D eigenvalue weighted by molar-refractivity contribution is 7.13. The maximum atomic E-state index is 4.20. The summed E-state index contributed by atoms with van der Waals surface area (Å²) in [5.74, 6) is 0. The van der Waals surface area contributed by atoms with Crippen LogP contribution in [0.2, 0.25) is 0 Å². The second-order valence-electron chi connectivity index (χ2n) is 2.30. The normalized spacial score (nSPS) is 9.33. The molecule has 0 aromatic carbocycles. The molecular weight excluding hydrogens is 168 g/mol. The lowest BCUT2D eigenvalue weighted by molar-refractivity contribution is 0.946. The summed E-state index contributed by atoms with van der Waals surface area (Å²) in [4.78, 5) is 6.32. The largest absolute Gasteiger partial charge is 0.341 e. The Bertz CT molecular complexity index is 231. The van der Waals surface area contributed by atoms with Gasteiger partial charge in [0, 0.05) is 24.7 Å². The Kier molecular flexibility index (Phi) is 3.54. The molecular formula is C9H12N2S. The third-order valence-electron chi connectivity index (χ3n) is 1.39. The molecule has 1 heterocycles. The third kappa shape index (κ3) is 2.20. The first-order valence-electron chi connectivity index (χ1n) is 3.74. The molecule has 0 amide bonds. The number of nitrogens with zero attached hydrogens (tertiary/aromatic N) is 2. The van der Waals surface area contributed by atoms with Gasteiger partial charge in [0.25, 0.3) is 0 Å². The Labute approximate surface area is 76.9 Å². The molecule has 0 bridgehead atoms. The van der Waals surface area contributed by atoms with Crippen LogP contribution in [0.4, 0.5) is 5.13 Å². The lowest BCUT2D eigenvalue weighted by atomic mass is 10.5. The fraction of sp³-hybridized carbons (Fsp3) is 0.222. The zero-order chi connectivity index (χ0) is 8.81. The van der Waals surface area contributed by atoms with Crippen LogP contribution in [0.15, 0.2) is 36.9 Å². The standard InChI is InChI=1S/C9H12N2S/c1-3-6-11(7-4-2)9-10-5-8-12-9/h3-5,8H,1-2,6-7H2. The Morgan fingerprint density at radius 1 is 1.42 bits per heavy atom. The molecule has 2 nitrogen and oxygen atoms in total. The summed E-state index contributed by atoms with van der Waals surface area (Å²) in [6, 6.07) is 0. The average molecular weight is 180 g/mol. The van der Waals surface area contributed by atoms with Gasteiger partial charge in [-0.2, -0.15) is 0 Å². The van der Waals surface area contributed by atoms with Gasteiger partial charge in [0.1, 0.15) is 0 Å². The molecule has 0 saturated heterocycles. The van der Waals surface area contributed by atoms with Gasteiger partial charge in [0.05, 0.1) is 0 Å². The predicted octanol–water partition coefficient (Wildman–Crippen LogP) is 2.32. The van der Waals surface area contributed by atoms with Crippen molar-refractivity contribution in [1.82, 2.24) is 4.98 Å². The summed E-state index contributed by atoms with van der Waals surface area (Å²) < 4.78 is 0. The van der Waals surface area contributed by atoms with E-state index in [9.17, 15) is 0 Å². The molecule has 1 rings (SSSR count). The summed E-state index contributed by atoms with van der Waals surface area (Å²) in [7, 11) is 0. The van der Waals surface area contributed by atoms with Crippen molar-refractivity contribution in [2.75, 3.05) is 18.0 Å². The van der Waals surface area contributed by atoms with Crippen LogP contribution in [0.5, 0.6) is 0 Å². The van der Waals surface area contributed by atoms with Crippen molar-refractivity contribution in [2.24, 2.45) is 0 Å². The molecule has 0 unspecified atom stereocenters. The van der Waals surface area contributed by atoms with Gasteiger partial charge in [0.2, 0.25) is 0 Å². The molecule has 64 valence electrons. The first-order valence-corrected chi connectivity index (χ1v) is 4.62. The number of hydrogen-bond acceptors (Lipinski definition) is 3. The van der Waals surface area contributed by atoms with E-state index in [0.717, 1.165) is 18.2 Å². The van der Waals surface area contributed by atoms with Crippen molar-refractivity contribution in [1.29, 1.82) is 0 Å². The summed E-state index contributed by atoms with van der Waals surface area (Å²) in [6.45, 7) is 9.02. The van der Waals surface area contributed by atoms with E-state index in [4.69, 9.17) is 0 Å². The number of thiazole rings is 1. The molecule has 0 spiro atoms. The van der Waals surface area contributed by atoms with E-state index in [1.807, 2.05) is 17.5 Å². The van der Waals surface area contributed by atoms with Gasteiger partial charge in [-0.1, -0.05) is 12.2 Å². The van der Waals surface area contributed by atoms with Crippen molar-refractivity contribution in [3.63, 3.8) is 0 Å². The Morgan fingerprint density at radius 3 is 2.50 bits per heavy atom. The van der Waals surface area contributed by atoms with Gasteiger partial charge in [-0.25, -0.2) is 4.98 Å².